The van der Waals surface area contributed by atoms with E-state index in [9.17, 15) is 24.5 Å². The Morgan fingerprint density at radius 3 is 2.24 bits per heavy atom. The largest absolute Gasteiger partial charge is 0.322 e. The van der Waals surface area contributed by atoms with Crippen LogP contribution in [0.4, 0.5) is 17.1 Å². The number of hydrogen-bond donors (Lipinski definition) is 1. The van der Waals surface area contributed by atoms with Crippen LogP contribution in [0.1, 0.15) is 16.8 Å². The average molecular weight is 482 g/mol. The number of imide groups is 1. The summed E-state index contributed by atoms with van der Waals surface area (Å²) in [5, 5.41) is 13.4. The van der Waals surface area contributed by atoms with Gasteiger partial charge in [-0.3, -0.25) is 24.5 Å². The molecule has 8 nitrogen and oxygen atoms in total. The number of anilines is 2. The SMILES string of the molecule is O=C(Nc1ccc(SC2CC(=O)N(c3ccc(Cl)cc3)C2=O)cc1)c1ccc([N+](=O)[O-])cc1. The van der Waals surface area contributed by atoms with Gasteiger partial charge in [0.1, 0.15) is 0 Å². The topological polar surface area (TPSA) is 110 Å². The smallest absolute Gasteiger partial charge is 0.269 e. The number of carbonyl (C=O) groups is 3. The van der Waals surface area contributed by atoms with E-state index in [1.54, 1.807) is 48.5 Å². The van der Waals surface area contributed by atoms with E-state index in [2.05, 4.69) is 5.32 Å². The van der Waals surface area contributed by atoms with Crippen molar-refractivity contribution in [2.24, 2.45) is 0 Å². The number of hydrogen-bond acceptors (Lipinski definition) is 6. The summed E-state index contributed by atoms with van der Waals surface area (Å²) in [6.45, 7) is 0. The highest BCUT2D eigenvalue weighted by atomic mass is 35.5. The van der Waals surface area contributed by atoms with Gasteiger partial charge in [-0.1, -0.05) is 11.6 Å². The van der Waals surface area contributed by atoms with Gasteiger partial charge >= 0.3 is 0 Å². The van der Waals surface area contributed by atoms with Crippen molar-refractivity contribution in [2.75, 3.05) is 10.2 Å². The van der Waals surface area contributed by atoms with E-state index < -0.39 is 16.1 Å². The third-order valence-corrected chi connectivity index (χ3v) is 6.37. The maximum Gasteiger partial charge on any atom is 0.269 e. The molecule has 33 heavy (non-hydrogen) atoms. The van der Waals surface area contributed by atoms with Crippen LogP contribution in [-0.2, 0) is 9.59 Å². The fourth-order valence-corrected chi connectivity index (χ4v) is 4.46. The summed E-state index contributed by atoms with van der Waals surface area (Å²) in [6.07, 6.45) is 0.0881. The van der Waals surface area contributed by atoms with E-state index in [1.165, 1.54) is 40.9 Å². The first-order chi connectivity index (χ1) is 15.8. The van der Waals surface area contributed by atoms with Crippen molar-refractivity contribution in [3.8, 4) is 0 Å². The molecular weight excluding hydrogens is 466 g/mol. The standard InChI is InChI=1S/C23H16ClN3O5S/c24-15-3-9-17(10-4-15)26-21(28)13-20(23(26)30)33-19-11-5-16(6-12-19)25-22(29)14-1-7-18(8-2-14)27(31)32/h1-12,20H,13H2,(H,25,29). The molecule has 0 spiro atoms. The molecule has 3 aromatic rings. The number of carbonyl (C=O) groups excluding carboxylic acids is 3. The summed E-state index contributed by atoms with van der Waals surface area (Å²) in [5.74, 6) is -0.963. The number of nitrogens with one attached hydrogen (secondary N) is 1. The summed E-state index contributed by atoms with van der Waals surface area (Å²) in [5.41, 5.74) is 1.21. The Morgan fingerprint density at radius 1 is 1.00 bits per heavy atom. The monoisotopic (exact) mass is 481 g/mol. The zero-order valence-corrected chi connectivity index (χ0v) is 18.5. The van der Waals surface area contributed by atoms with Gasteiger partial charge in [-0.2, -0.15) is 0 Å². The Bertz CT molecular complexity index is 1230. The van der Waals surface area contributed by atoms with Crippen molar-refractivity contribution >= 4 is 58.1 Å². The molecule has 3 amide bonds. The molecule has 0 bridgehead atoms. The van der Waals surface area contributed by atoms with E-state index in [-0.39, 0.29) is 29.5 Å². The molecule has 3 aromatic carbocycles. The lowest BCUT2D eigenvalue weighted by molar-refractivity contribution is -0.384. The molecule has 1 aliphatic rings. The molecule has 10 heteroatoms. The fourth-order valence-electron chi connectivity index (χ4n) is 3.28. The number of nitrogens with zero attached hydrogens (tertiary/aromatic N) is 2. The van der Waals surface area contributed by atoms with Crippen molar-refractivity contribution in [2.45, 2.75) is 16.6 Å². The van der Waals surface area contributed by atoms with Crippen molar-refractivity contribution in [1.29, 1.82) is 0 Å². The number of thioether (sulfide) groups is 1. The predicted molar refractivity (Wildman–Crippen MR) is 126 cm³/mol. The highest BCUT2D eigenvalue weighted by Crippen LogP contribution is 2.34. The third kappa shape index (κ3) is 5.05. The lowest BCUT2D eigenvalue weighted by Crippen LogP contribution is -2.31. The molecule has 1 heterocycles. The first-order valence-electron chi connectivity index (χ1n) is 9.77. The highest BCUT2D eigenvalue weighted by Gasteiger charge is 2.40. The van der Waals surface area contributed by atoms with Gasteiger partial charge in [-0.25, -0.2) is 4.90 Å². The Hall–Kier alpha value is -3.69. The number of rotatable bonds is 6. The molecule has 1 fully saturated rings. The normalized spacial score (nSPS) is 15.5. The minimum atomic E-state index is -0.547. The van der Waals surface area contributed by atoms with Crippen molar-refractivity contribution in [3.05, 3.63) is 93.5 Å². The average Bonchev–Trinajstić information content (AvgIpc) is 3.08. The molecule has 0 saturated carbocycles. The number of amides is 3. The van der Waals surface area contributed by atoms with E-state index in [4.69, 9.17) is 11.6 Å². The van der Waals surface area contributed by atoms with Crippen LogP contribution in [0.15, 0.2) is 77.7 Å². The summed E-state index contributed by atoms with van der Waals surface area (Å²) in [6, 6.07) is 18.7. The number of nitro benzene ring substituents is 1. The second kappa shape index (κ2) is 9.43. The van der Waals surface area contributed by atoms with Gasteiger partial charge in [0.15, 0.2) is 0 Å². The lowest BCUT2D eigenvalue weighted by atomic mass is 10.2. The lowest BCUT2D eigenvalue weighted by Gasteiger charge is -2.15. The van der Waals surface area contributed by atoms with E-state index in [1.807, 2.05) is 0 Å². The summed E-state index contributed by atoms with van der Waals surface area (Å²) in [7, 11) is 0. The molecule has 1 unspecified atom stereocenters. The van der Waals surface area contributed by atoms with Crippen LogP contribution in [0.5, 0.6) is 0 Å². The predicted octanol–water partition coefficient (Wildman–Crippen LogP) is 4.92. The van der Waals surface area contributed by atoms with Crippen LogP contribution in [0, 0.1) is 10.1 Å². The number of benzene rings is 3. The van der Waals surface area contributed by atoms with Crippen molar-refractivity contribution in [3.63, 3.8) is 0 Å². The third-order valence-electron chi connectivity index (χ3n) is 4.92. The minimum Gasteiger partial charge on any atom is -0.322 e. The maximum atomic E-state index is 12.8. The second-order valence-electron chi connectivity index (χ2n) is 7.14. The van der Waals surface area contributed by atoms with Gasteiger partial charge in [0.25, 0.3) is 11.6 Å². The van der Waals surface area contributed by atoms with E-state index in [0.717, 1.165) is 4.90 Å². The molecule has 166 valence electrons. The summed E-state index contributed by atoms with van der Waals surface area (Å²) < 4.78 is 0. The van der Waals surface area contributed by atoms with Crippen LogP contribution >= 0.6 is 23.4 Å². The number of nitro groups is 1. The van der Waals surface area contributed by atoms with Gasteiger partial charge in [0.05, 0.1) is 15.9 Å². The molecule has 1 N–H and O–H groups in total. The Balaban J connectivity index is 1.39. The second-order valence-corrected chi connectivity index (χ2v) is 8.85. The van der Waals surface area contributed by atoms with Crippen LogP contribution in [0.25, 0.3) is 0 Å². The Morgan fingerprint density at radius 2 is 1.64 bits per heavy atom. The quantitative estimate of drug-likeness (QED) is 0.304. The molecule has 0 aromatic heterocycles. The van der Waals surface area contributed by atoms with E-state index in [0.29, 0.717) is 16.4 Å². The zero-order chi connectivity index (χ0) is 23.5. The van der Waals surface area contributed by atoms with E-state index >= 15 is 0 Å². The fraction of sp³-hybridized carbons (Fsp3) is 0.0870. The molecule has 1 aliphatic heterocycles. The van der Waals surface area contributed by atoms with Crippen LogP contribution in [-0.4, -0.2) is 27.9 Å². The van der Waals surface area contributed by atoms with Crippen LogP contribution in [0.3, 0.4) is 0 Å². The molecule has 4 rings (SSSR count). The summed E-state index contributed by atoms with van der Waals surface area (Å²) >= 11 is 7.16. The summed E-state index contributed by atoms with van der Waals surface area (Å²) in [4.78, 5) is 49.7. The molecule has 0 aliphatic carbocycles. The molecule has 1 atom stereocenters. The van der Waals surface area contributed by atoms with Gasteiger partial charge in [-0.15, -0.1) is 11.8 Å². The molecule has 0 radical (unpaired) electrons. The first kappa shape index (κ1) is 22.5. The minimum absolute atomic E-state index is 0.0881. The highest BCUT2D eigenvalue weighted by molar-refractivity contribution is 8.00. The Labute approximate surface area is 197 Å². The zero-order valence-electron chi connectivity index (χ0n) is 16.9. The Kier molecular flexibility index (Phi) is 6.43. The van der Waals surface area contributed by atoms with Crippen LogP contribution in [0.2, 0.25) is 5.02 Å². The first-order valence-corrected chi connectivity index (χ1v) is 11.0. The van der Waals surface area contributed by atoms with Crippen molar-refractivity contribution in [1.82, 2.24) is 0 Å². The number of halogens is 1. The van der Waals surface area contributed by atoms with Crippen LogP contribution < -0.4 is 10.2 Å². The van der Waals surface area contributed by atoms with Gasteiger partial charge < -0.3 is 5.32 Å². The molecule has 1 saturated heterocycles. The van der Waals surface area contributed by atoms with Gasteiger partial charge in [0.2, 0.25) is 11.8 Å². The van der Waals surface area contributed by atoms with Gasteiger partial charge in [0, 0.05) is 39.7 Å². The molecular formula is C23H16ClN3O5S. The van der Waals surface area contributed by atoms with Gasteiger partial charge in [-0.05, 0) is 60.7 Å². The number of non-ortho nitro benzene ring substituents is 1. The maximum absolute atomic E-state index is 12.8. The van der Waals surface area contributed by atoms with Crippen molar-refractivity contribution < 1.29 is 19.3 Å².